The number of amides is 1. The lowest BCUT2D eigenvalue weighted by molar-refractivity contribution is -0.120. The van der Waals surface area contributed by atoms with Crippen LogP contribution in [-0.4, -0.2) is 75.9 Å². The Kier molecular flexibility index (Phi) is 5.85. The SMILES string of the molecule is CNc1ncc(-c2nc3cc(C4CCN(C5(C)COCC5O)CC4)ccc3o2)c2cc(C3(C(N)=O)CC3)ncc12. The number of pyridine rings is 2. The molecule has 5 heterocycles. The van der Waals surface area contributed by atoms with Gasteiger partial charge < -0.3 is 25.3 Å². The van der Waals surface area contributed by atoms with Gasteiger partial charge in [0.1, 0.15) is 11.3 Å². The fourth-order valence-electron chi connectivity index (χ4n) is 6.51. The summed E-state index contributed by atoms with van der Waals surface area (Å²) in [6, 6.07) is 8.21. The zero-order valence-corrected chi connectivity index (χ0v) is 22.8. The molecular formula is C30H34N6O4. The number of primary amides is 1. The highest BCUT2D eigenvalue weighted by molar-refractivity contribution is 6.01. The molecule has 0 bridgehead atoms. The molecule has 4 aromatic rings. The van der Waals surface area contributed by atoms with Crippen molar-refractivity contribution in [3.05, 3.63) is 47.9 Å². The highest BCUT2D eigenvalue weighted by atomic mass is 16.5. The third-order valence-corrected chi connectivity index (χ3v) is 9.44. The molecule has 10 nitrogen and oxygen atoms in total. The summed E-state index contributed by atoms with van der Waals surface area (Å²) in [6.45, 7) is 4.93. The first-order valence-corrected chi connectivity index (χ1v) is 14.0. The molecule has 3 aliphatic rings. The molecule has 0 spiro atoms. The summed E-state index contributed by atoms with van der Waals surface area (Å²) in [7, 11) is 1.82. The lowest BCUT2D eigenvalue weighted by Gasteiger charge is -2.43. The van der Waals surface area contributed by atoms with Crippen LogP contribution < -0.4 is 11.1 Å². The van der Waals surface area contributed by atoms with E-state index in [0.29, 0.717) is 55.0 Å². The van der Waals surface area contributed by atoms with E-state index in [9.17, 15) is 9.90 Å². The number of aliphatic hydroxyl groups excluding tert-OH is 1. The monoisotopic (exact) mass is 542 g/mol. The first-order valence-electron chi connectivity index (χ1n) is 14.0. The second-order valence-corrected chi connectivity index (χ2v) is 11.7. The van der Waals surface area contributed by atoms with Gasteiger partial charge in [0.2, 0.25) is 11.8 Å². The highest BCUT2D eigenvalue weighted by Crippen LogP contribution is 2.48. The molecule has 2 unspecified atom stereocenters. The van der Waals surface area contributed by atoms with E-state index in [-0.39, 0.29) is 11.4 Å². The number of hydrogen-bond acceptors (Lipinski definition) is 9. The molecule has 10 heteroatoms. The molecule has 40 heavy (non-hydrogen) atoms. The number of nitrogens with one attached hydrogen (secondary N) is 1. The molecule has 208 valence electrons. The summed E-state index contributed by atoms with van der Waals surface area (Å²) in [5, 5.41) is 15.3. The van der Waals surface area contributed by atoms with Crippen molar-refractivity contribution < 1.29 is 19.1 Å². The number of ether oxygens (including phenoxy) is 1. The maximum Gasteiger partial charge on any atom is 0.229 e. The predicted octanol–water partition coefficient (Wildman–Crippen LogP) is 3.33. The van der Waals surface area contributed by atoms with Gasteiger partial charge in [-0.1, -0.05) is 6.07 Å². The van der Waals surface area contributed by atoms with Crippen LogP contribution in [0.4, 0.5) is 5.82 Å². The molecule has 1 aliphatic carbocycles. The van der Waals surface area contributed by atoms with E-state index in [2.05, 4.69) is 39.2 Å². The fraction of sp³-hybridized carbons (Fsp3) is 0.467. The normalized spacial score (nSPS) is 25.0. The molecule has 2 aliphatic heterocycles. The number of nitrogens with two attached hydrogens (primary N) is 1. The van der Waals surface area contributed by atoms with Crippen LogP contribution >= 0.6 is 0 Å². The third kappa shape index (κ3) is 3.88. The van der Waals surface area contributed by atoms with Crippen molar-refractivity contribution in [3.8, 4) is 11.5 Å². The fourth-order valence-corrected chi connectivity index (χ4v) is 6.51. The Hall–Kier alpha value is -3.60. The summed E-state index contributed by atoms with van der Waals surface area (Å²) in [5.74, 6) is 1.24. The number of nitrogens with zero attached hydrogens (tertiary/aromatic N) is 4. The number of rotatable bonds is 6. The van der Waals surface area contributed by atoms with Gasteiger partial charge >= 0.3 is 0 Å². The van der Waals surface area contributed by atoms with Crippen LogP contribution in [0.2, 0.25) is 0 Å². The quantitative estimate of drug-likeness (QED) is 0.335. The summed E-state index contributed by atoms with van der Waals surface area (Å²) in [5.41, 5.74) is 8.93. The van der Waals surface area contributed by atoms with Crippen molar-refractivity contribution in [1.29, 1.82) is 0 Å². The van der Waals surface area contributed by atoms with Crippen LogP contribution in [0.3, 0.4) is 0 Å². The number of carbonyl (C=O) groups excluding carboxylic acids is 1. The van der Waals surface area contributed by atoms with Crippen molar-refractivity contribution in [1.82, 2.24) is 19.9 Å². The van der Waals surface area contributed by atoms with Gasteiger partial charge in [-0.25, -0.2) is 9.97 Å². The summed E-state index contributed by atoms with van der Waals surface area (Å²) >= 11 is 0. The van der Waals surface area contributed by atoms with Gasteiger partial charge in [-0.05, 0) is 75.4 Å². The Morgan fingerprint density at radius 1 is 1.15 bits per heavy atom. The van der Waals surface area contributed by atoms with Gasteiger partial charge in [0.15, 0.2) is 5.58 Å². The Bertz CT molecular complexity index is 1620. The molecule has 4 N–H and O–H groups in total. The van der Waals surface area contributed by atoms with Crippen LogP contribution in [0, 0.1) is 0 Å². The Labute approximate surface area is 231 Å². The zero-order valence-electron chi connectivity index (χ0n) is 22.8. The highest BCUT2D eigenvalue weighted by Gasteiger charge is 2.51. The van der Waals surface area contributed by atoms with Crippen molar-refractivity contribution in [3.63, 3.8) is 0 Å². The number of carbonyl (C=O) groups is 1. The Balaban J connectivity index is 1.20. The Morgan fingerprint density at radius 2 is 1.95 bits per heavy atom. The number of anilines is 1. The average molecular weight is 543 g/mol. The third-order valence-electron chi connectivity index (χ3n) is 9.44. The van der Waals surface area contributed by atoms with Crippen molar-refractivity contribution in [2.75, 3.05) is 38.7 Å². The standard InChI is InChI=1S/C30H34N6O4/c1-29(16-39-15-25(29)37)36-9-5-17(6-10-36)18-3-4-23-22(11-18)35-27(40-23)21-14-34-26(32-2)20-13-33-24(12-19(20)21)30(7-8-30)28(31)38/h3-4,11-14,17,25,37H,5-10,15-16H2,1-2H3,(H2,31,38)(H,32,34). The molecule has 3 fully saturated rings. The van der Waals surface area contributed by atoms with Crippen LogP contribution in [-0.2, 0) is 14.9 Å². The van der Waals surface area contributed by atoms with E-state index in [4.69, 9.17) is 19.9 Å². The van der Waals surface area contributed by atoms with Gasteiger partial charge in [0.25, 0.3) is 0 Å². The Morgan fingerprint density at radius 3 is 2.62 bits per heavy atom. The minimum atomic E-state index is -0.694. The van der Waals surface area contributed by atoms with Gasteiger partial charge in [0, 0.05) is 30.2 Å². The molecule has 2 saturated heterocycles. The largest absolute Gasteiger partial charge is 0.436 e. The van der Waals surface area contributed by atoms with Gasteiger partial charge in [-0.3, -0.25) is 14.7 Å². The number of aliphatic hydroxyl groups is 1. The van der Waals surface area contributed by atoms with Gasteiger partial charge in [0.05, 0.1) is 41.5 Å². The maximum atomic E-state index is 12.2. The van der Waals surface area contributed by atoms with Crippen molar-refractivity contribution in [2.24, 2.45) is 5.73 Å². The number of fused-ring (bicyclic) bond motifs is 2. The van der Waals surface area contributed by atoms with Crippen LogP contribution in [0.15, 0.2) is 41.1 Å². The molecule has 2 atom stereocenters. The van der Waals surface area contributed by atoms with E-state index in [1.54, 1.807) is 12.4 Å². The number of aromatic nitrogens is 3. The van der Waals surface area contributed by atoms with Gasteiger partial charge in [-0.2, -0.15) is 0 Å². The lowest BCUT2D eigenvalue weighted by atomic mass is 9.86. The first-order chi connectivity index (χ1) is 19.3. The van der Waals surface area contributed by atoms with Crippen LogP contribution in [0.5, 0.6) is 0 Å². The minimum absolute atomic E-state index is 0.304. The van der Waals surface area contributed by atoms with E-state index in [1.807, 2.05) is 19.2 Å². The summed E-state index contributed by atoms with van der Waals surface area (Å²) < 4.78 is 11.8. The van der Waals surface area contributed by atoms with Crippen molar-refractivity contribution >= 4 is 33.6 Å². The lowest BCUT2D eigenvalue weighted by Crippen LogP contribution is -2.56. The summed E-state index contributed by atoms with van der Waals surface area (Å²) in [6.07, 6.45) is 6.49. The van der Waals surface area contributed by atoms with E-state index in [0.717, 1.165) is 47.8 Å². The number of oxazole rings is 1. The first kappa shape index (κ1) is 25.4. The zero-order chi connectivity index (χ0) is 27.6. The van der Waals surface area contributed by atoms with Crippen LogP contribution in [0.1, 0.15) is 49.8 Å². The molecule has 1 aromatic carbocycles. The van der Waals surface area contributed by atoms with E-state index >= 15 is 0 Å². The van der Waals surface area contributed by atoms with E-state index < -0.39 is 11.5 Å². The molecule has 7 rings (SSSR count). The second-order valence-electron chi connectivity index (χ2n) is 11.7. The molecule has 1 amide bonds. The van der Waals surface area contributed by atoms with Crippen LogP contribution in [0.25, 0.3) is 33.3 Å². The molecule has 3 aromatic heterocycles. The average Bonchev–Trinajstić information content (AvgIpc) is 3.58. The number of likely N-dealkylation sites (tertiary alicyclic amines) is 1. The second kappa shape index (κ2) is 9.22. The number of piperidine rings is 1. The number of hydrogen-bond donors (Lipinski definition) is 3. The predicted molar refractivity (Wildman–Crippen MR) is 151 cm³/mol. The smallest absolute Gasteiger partial charge is 0.229 e. The molecular weight excluding hydrogens is 508 g/mol. The molecule has 0 radical (unpaired) electrons. The molecule has 1 saturated carbocycles. The topological polar surface area (TPSA) is 140 Å². The minimum Gasteiger partial charge on any atom is -0.436 e. The maximum absolute atomic E-state index is 12.2. The van der Waals surface area contributed by atoms with E-state index in [1.165, 1.54) is 5.56 Å². The van der Waals surface area contributed by atoms with Crippen molar-refractivity contribution in [2.45, 2.75) is 55.6 Å². The number of benzene rings is 1. The summed E-state index contributed by atoms with van der Waals surface area (Å²) in [4.78, 5) is 28.6. The van der Waals surface area contributed by atoms with Gasteiger partial charge in [-0.15, -0.1) is 0 Å².